The van der Waals surface area contributed by atoms with E-state index in [0.717, 1.165) is 4.52 Å². The fraction of sp³-hybridized carbons (Fsp3) is 0. The van der Waals surface area contributed by atoms with Crippen molar-refractivity contribution in [1.82, 2.24) is 14.6 Å². The van der Waals surface area contributed by atoms with Crippen LogP contribution >= 0.6 is 0 Å². The highest BCUT2D eigenvalue weighted by atomic mass is 16.4. The molecule has 2 heterocycles. The van der Waals surface area contributed by atoms with Gasteiger partial charge in [0.05, 0.1) is 6.20 Å². The smallest absolute Gasteiger partial charge is 0.356 e. The molecule has 0 bridgehead atoms. The molecular weight excluding hydrogens is 198 g/mol. The molecule has 0 amide bonds. The minimum absolute atomic E-state index is 0.0787. The Morgan fingerprint density at radius 2 is 2.40 bits per heavy atom. The third-order valence-corrected chi connectivity index (χ3v) is 1.86. The molecule has 0 atom stereocenters. The molecule has 2 aromatic heterocycles. The summed E-state index contributed by atoms with van der Waals surface area (Å²) in [7, 11) is 0. The molecule has 0 saturated heterocycles. The summed E-state index contributed by atoms with van der Waals surface area (Å²) >= 11 is 0. The lowest BCUT2D eigenvalue weighted by Crippen LogP contribution is -2.04. The Labute approximate surface area is 83.4 Å². The Kier molecular flexibility index (Phi) is 1.76. The van der Waals surface area contributed by atoms with E-state index in [0.29, 0.717) is 5.65 Å². The van der Waals surface area contributed by atoms with E-state index in [1.165, 1.54) is 12.3 Å². The van der Waals surface area contributed by atoms with Crippen molar-refractivity contribution < 1.29 is 9.90 Å². The second-order valence-electron chi connectivity index (χ2n) is 2.77. The highest BCUT2D eigenvalue weighted by Gasteiger charge is 2.12. The van der Waals surface area contributed by atoms with Crippen LogP contribution in [0.4, 0.5) is 5.82 Å². The molecule has 0 radical (unpaired) electrons. The Hall–Kier alpha value is -2.62. The van der Waals surface area contributed by atoms with E-state index in [9.17, 15) is 4.79 Å². The summed E-state index contributed by atoms with van der Waals surface area (Å²) in [6, 6.07) is 3.11. The van der Waals surface area contributed by atoms with E-state index in [1.54, 1.807) is 0 Å². The Balaban J connectivity index is 2.78. The first-order valence-corrected chi connectivity index (χ1v) is 3.91. The van der Waals surface area contributed by atoms with Crippen molar-refractivity contribution in [2.24, 2.45) is 0 Å². The van der Waals surface area contributed by atoms with Gasteiger partial charge in [-0.05, 0) is 0 Å². The molecule has 0 spiro atoms. The number of hydrogen-bond acceptors (Lipinski definition) is 5. The molecular formula is C8H5N5O2. The molecule has 7 nitrogen and oxygen atoms in total. The summed E-state index contributed by atoms with van der Waals surface area (Å²) in [6.45, 7) is 0. The number of carbonyl (C=O) groups is 1. The van der Waals surface area contributed by atoms with Crippen LogP contribution in [0.25, 0.3) is 5.65 Å². The number of nitrogens with zero attached hydrogens (tertiary/aromatic N) is 4. The van der Waals surface area contributed by atoms with E-state index in [2.05, 4.69) is 10.1 Å². The van der Waals surface area contributed by atoms with Gasteiger partial charge in [-0.15, -0.1) is 0 Å². The summed E-state index contributed by atoms with van der Waals surface area (Å²) in [5, 5.41) is 21.1. The van der Waals surface area contributed by atoms with E-state index in [4.69, 9.17) is 16.1 Å². The van der Waals surface area contributed by atoms with Gasteiger partial charge in [0.1, 0.15) is 17.5 Å². The third kappa shape index (κ3) is 1.24. The van der Waals surface area contributed by atoms with Crippen molar-refractivity contribution in [2.75, 3.05) is 5.73 Å². The molecule has 74 valence electrons. The monoisotopic (exact) mass is 203 g/mol. The number of nitrogen functional groups attached to an aromatic ring is 1. The molecule has 0 aromatic carbocycles. The highest BCUT2D eigenvalue weighted by Crippen LogP contribution is 2.12. The minimum atomic E-state index is -1.17. The van der Waals surface area contributed by atoms with Gasteiger partial charge in [0, 0.05) is 6.07 Å². The number of carboxylic acid groups (broad SMARTS) is 1. The van der Waals surface area contributed by atoms with Crippen LogP contribution in [0.3, 0.4) is 0 Å². The number of nitrogens with two attached hydrogens (primary N) is 1. The zero-order valence-corrected chi connectivity index (χ0v) is 7.38. The van der Waals surface area contributed by atoms with Crippen molar-refractivity contribution in [1.29, 1.82) is 5.26 Å². The van der Waals surface area contributed by atoms with Gasteiger partial charge in [0.15, 0.2) is 11.3 Å². The first kappa shape index (κ1) is 8.96. The number of aromatic nitrogens is 3. The number of nitriles is 1. The molecule has 2 aromatic rings. The fourth-order valence-corrected chi connectivity index (χ4v) is 1.14. The van der Waals surface area contributed by atoms with Crippen LogP contribution in [0.1, 0.15) is 16.1 Å². The Bertz CT molecular complexity index is 595. The zero-order chi connectivity index (χ0) is 11.0. The molecule has 7 heteroatoms. The van der Waals surface area contributed by atoms with Crippen LogP contribution in [-0.4, -0.2) is 25.7 Å². The minimum Gasteiger partial charge on any atom is -0.476 e. The van der Waals surface area contributed by atoms with Gasteiger partial charge in [0.25, 0.3) is 0 Å². The first-order chi connectivity index (χ1) is 7.13. The lowest BCUT2D eigenvalue weighted by Gasteiger charge is -1.98. The van der Waals surface area contributed by atoms with E-state index >= 15 is 0 Å². The van der Waals surface area contributed by atoms with E-state index in [1.807, 2.05) is 6.07 Å². The summed E-state index contributed by atoms with van der Waals surface area (Å²) in [4.78, 5) is 14.5. The molecule has 0 aliphatic heterocycles. The summed E-state index contributed by atoms with van der Waals surface area (Å²) < 4.78 is 1.13. The number of carboxylic acids is 1. The predicted octanol–water partition coefficient (Wildman–Crippen LogP) is -0.119. The SMILES string of the molecule is N#Cc1cnc2cc(C(=O)O)nn2c1N. The molecule has 0 fully saturated rings. The summed E-state index contributed by atoms with van der Waals surface area (Å²) in [6.07, 6.45) is 1.28. The van der Waals surface area contributed by atoms with Gasteiger partial charge < -0.3 is 10.8 Å². The van der Waals surface area contributed by atoms with Gasteiger partial charge in [0.2, 0.25) is 0 Å². The largest absolute Gasteiger partial charge is 0.476 e. The fourth-order valence-electron chi connectivity index (χ4n) is 1.14. The molecule has 2 rings (SSSR count). The lowest BCUT2D eigenvalue weighted by molar-refractivity contribution is 0.0690. The molecule has 0 aliphatic rings. The summed E-state index contributed by atoms with van der Waals surface area (Å²) in [5.74, 6) is -1.09. The normalized spacial score (nSPS) is 10.1. The molecule has 0 aliphatic carbocycles. The van der Waals surface area contributed by atoms with Crippen molar-refractivity contribution >= 4 is 17.4 Å². The first-order valence-electron chi connectivity index (χ1n) is 3.91. The second kappa shape index (κ2) is 2.95. The highest BCUT2D eigenvalue weighted by molar-refractivity contribution is 5.86. The average Bonchev–Trinajstić information content (AvgIpc) is 2.63. The zero-order valence-electron chi connectivity index (χ0n) is 7.38. The average molecular weight is 203 g/mol. The van der Waals surface area contributed by atoms with Gasteiger partial charge in [-0.3, -0.25) is 0 Å². The standard InChI is InChI=1S/C8H5N5O2/c9-2-4-3-11-6-1-5(8(14)15)12-13(6)7(4)10/h1,3H,10H2,(H,14,15). The quantitative estimate of drug-likeness (QED) is 0.667. The topological polar surface area (TPSA) is 117 Å². The van der Waals surface area contributed by atoms with Crippen LogP contribution in [0, 0.1) is 11.3 Å². The van der Waals surface area contributed by atoms with Gasteiger partial charge in [-0.1, -0.05) is 0 Å². The third-order valence-electron chi connectivity index (χ3n) is 1.86. The molecule has 0 saturated carbocycles. The van der Waals surface area contributed by atoms with Gasteiger partial charge in [-0.25, -0.2) is 9.78 Å². The maximum Gasteiger partial charge on any atom is 0.356 e. The maximum atomic E-state index is 10.6. The van der Waals surface area contributed by atoms with Crippen molar-refractivity contribution in [3.63, 3.8) is 0 Å². The number of rotatable bonds is 1. The number of aromatic carboxylic acids is 1. The van der Waals surface area contributed by atoms with Crippen LogP contribution in [0.15, 0.2) is 12.3 Å². The maximum absolute atomic E-state index is 10.6. The predicted molar refractivity (Wildman–Crippen MR) is 49.1 cm³/mol. The summed E-state index contributed by atoms with van der Waals surface area (Å²) in [5.41, 5.74) is 5.88. The number of anilines is 1. The number of hydrogen-bond donors (Lipinski definition) is 2. The van der Waals surface area contributed by atoms with Crippen molar-refractivity contribution in [3.05, 3.63) is 23.5 Å². The lowest BCUT2D eigenvalue weighted by atomic mass is 10.3. The molecule has 3 N–H and O–H groups in total. The van der Waals surface area contributed by atoms with Gasteiger partial charge >= 0.3 is 5.97 Å². The second-order valence-corrected chi connectivity index (χ2v) is 2.77. The molecule has 0 unspecified atom stereocenters. The van der Waals surface area contributed by atoms with E-state index < -0.39 is 5.97 Å². The van der Waals surface area contributed by atoms with Crippen LogP contribution in [0.5, 0.6) is 0 Å². The van der Waals surface area contributed by atoms with Crippen LogP contribution < -0.4 is 5.73 Å². The van der Waals surface area contributed by atoms with Crippen molar-refractivity contribution in [3.8, 4) is 6.07 Å². The molecule has 15 heavy (non-hydrogen) atoms. The van der Waals surface area contributed by atoms with E-state index in [-0.39, 0.29) is 17.1 Å². The Morgan fingerprint density at radius 1 is 1.67 bits per heavy atom. The van der Waals surface area contributed by atoms with Crippen LogP contribution in [-0.2, 0) is 0 Å². The number of fused-ring (bicyclic) bond motifs is 1. The Morgan fingerprint density at radius 3 is 3.00 bits per heavy atom. The van der Waals surface area contributed by atoms with Crippen molar-refractivity contribution in [2.45, 2.75) is 0 Å². The van der Waals surface area contributed by atoms with Crippen LogP contribution in [0.2, 0.25) is 0 Å². The van der Waals surface area contributed by atoms with Gasteiger partial charge in [-0.2, -0.15) is 14.9 Å².